The van der Waals surface area contributed by atoms with Crippen LogP contribution in [-0.2, 0) is 16.1 Å². The zero-order chi connectivity index (χ0) is 19.1. The topological polar surface area (TPSA) is 78.7 Å². The van der Waals surface area contributed by atoms with E-state index in [2.05, 4.69) is 41.4 Å². The van der Waals surface area contributed by atoms with E-state index in [1.165, 1.54) is 5.56 Å². The smallest absolute Gasteiger partial charge is 0.242 e. The van der Waals surface area contributed by atoms with Gasteiger partial charge in [0.1, 0.15) is 0 Å². The van der Waals surface area contributed by atoms with Gasteiger partial charge in [-0.15, -0.1) is 24.8 Å². The molecule has 1 saturated heterocycles. The molecule has 160 valence electrons. The van der Waals surface area contributed by atoms with E-state index in [4.69, 9.17) is 5.73 Å². The quantitative estimate of drug-likeness (QED) is 0.720. The summed E-state index contributed by atoms with van der Waals surface area (Å²) >= 11 is 0. The van der Waals surface area contributed by atoms with Crippen molar-refractivity contribution in [2.24, 2.45) is 11.7 Å². The standard InChI is InChI=1S/C20H32N4O2.2ClH/c1-15(2)19(21)20(26)22-13-18(25)23-10-9-16(3)24(12-11-23)14-17-7-5-4-6-8-17;;/h4-8,15-16,19H,9-14,21H2,1-3H3,(H,22,26);2*1H/t16?,19-;;/m0../s1. The molecule has 0 saturated carbocycles. The highest BCUT2D eigenvalue weighted by atomic mass is 35.5. The van der Waals surface area contributed by atoms with Gasteiger partial charge in [-0.25, -0.2) is 0 Å². The summed E-state index contributed by atoms with van der Waals surface area (Å²) < 4.78 is 0. The van der Waals surface area contributed by atoms with Crippen LogP contribution in [0.25, 0.3) is 0 Å². The van der Waals surface area contributed by atoms with E-state index in [1.807, 2.05) is 24.8 Å². The Hall–Kier alpha value is -1.34. The average Bonchev–Trinajstić information content (AvgIpc) is 2.81. The van der Waals surface area contributed by atoms with E-state index in [-0.39, 0.29) is 49.1 Å². The second-order valence-electron chi connectivity index (χ2n) is 7.46. The Kier molecular flexibility index (Phi) is 12.4. The van der Waals surface area contributed by atoms with Crippen LogP contribution in [0.1, 0.15) is 32.8 Å². The second kappa shape index (κ2) is 13.0. The van der Waals surface area contributed by atoms with Gasteiger partial charge in [-0.1, -0.05) is 44.2 Å². The van der Waals surface area contributed by atoms with Crippen LogP contribution in [0.3, 0.4) is 0 Å². The fourth-order valence-corrected chi connectivity index (χ4v) is 3.10. The Morgan fingerprint density at radius 1 is 1.14 bits per heavy atom. The van der Waals surface area contributed by atoms with Gasteiger partial charge in [0.05, 0.1) is 12.6 Å². The lowest BCUT2D eigenvalue weighted by Gasteiger charge is -2.26. The van der Waals surface area contributed by atoms with Crippen molar-refractivity contribution in [3.8, 4) is 0 Å². The van der Waals surface area contributed by atoms with Crippen LogP contribution in [0.4, 0.5) is 0 Å². The number of nitrogens with zero attached hydrogens (tertiary/aromatic N) is 2. The molecule has 0 aliphatic carbocycles. The Morgan fingerprint density at radius 2 is 1.79 bits per heavy atom. The molecule has 1 heterocycles. The maximum absolute atomic E-state index is 12.5. The minimum absolute atomic E-state index is 0. The molecule has 1 aliphatic rings. The first-order valence-electron chi connectivity index (χ1n) is 9.47. The van der Waals surface area contributed by atoms with E-state index in [1.54, 1.807) is 0 Å². The predicted octanol–water partition coefficient (Wildman–Crippen LogP) is 2.05. The van der Waals surface area contributed by atoms with Crippen molar-refractivity contribution in [1.29, 1.82) is 0 Å². The number of rotatable bonds is 6. The molecule has 3 N–H and O–H groups in total. The molecule has 6 nitrogen and oxygen atoms in total. The third-order valence-electron chi connectivity index (χ3n) is 5.11. The van der Waals surface area contributed by atoms with Crippen LogP contribution < -0.4 is 11.1 Å². The first-order chi connectivity index (χ1) is 12.4. The summed E-state index contributed by atoms with van der Waals surface area (Å²) in [4.78, 5) is 28.7. The summed E-state index contributed by atoms with van der Waals surface area (Å²) in [6.07, 6.45) is 0.929. The van der Waals surface area contributed by atoms with Crippen LogP contribution in [-0.4, -0.2) is 59.9 Å². The zero-order valence-corrected chi connectivity index (χ0v) is 18.6. The van der Waals surface area contributed by atoms with E-state index in [9.17, 15) is 9.59 Å². The van der Waals surface area contributed by atoms with Gasteiger partial charge in [-0.2, -0.15) is 0 Å². The molecular weight excluding hydrogens is 399 g/mol. The van der Waals surface area contributed by atoms with Crippen LogP contribution in [0, 0.1) is 5.92 Å². The zero-order valence-electron chi connectivity index (χ0n) is 17.0. The van der Waals surface area contributed by atoms with E-state index in [0.29, 0.717) is 12.6 Å². The summed E-state index contributed by atoms with van der Waals surface area (Å²) in [5, 5.41) is 2.67. The lowest BCUT2D eigenvalue weighted by molar-refractivity contribution is -0.133. The van der Waals surface area contributed by atoms with Crippen molar-refractivity contribution in [1.82, 2.24) is 15.1 Å². The molecule has 1 aromatic carbocycles. The molecule has 0 radical (unpaired) electrons. The monoisotopic (exact) mass is 432 g/mol. The number of carbonyl (C=O) groups is 2. The largest absolute Gasteiger partial charge is 0.346 e. The molecular formula is C20H34Cl2N4O2. The van der Waals surface area contributed by atoms with E-state index < -0.39 is 6.04 Å². The highest BCUT2D eigenvalue weighted by molar-refractivity contribution is 5.87. The maximum atomic E-state index is 12.5. The van der Waals surface area contributed by atoms with Crippen LogP contribution in [0.15, 0.2) is 30.3 Å². The molecule has 28 heavy (non-hydrogen) atoms. The fourth-order valence-electron chi connectivity index (χ4n) is 3.10. The number of hydrogen-bond acceptors (Lipinski definition) is 4. The van der Waals surface area contributed by atoms with Crippen molar-refractivity contribution >= 4 is 36.6 Å². The van der Waals surface area contributed by atoms with Gasteiger partial charge in [0, 0.05) is 32.2 Å². The van der Waals surface area contributed by atoms with Crippen molar-refractivity contribution in [2.45, 2.75) is 45.8 Å². The number of hydrogen-bond donors (Lipinski definition) is 2. The summed E-state index contributed by atoms with van der Waals surface area (Å²) in [7, 11) is 0. The number of benzene rings is 1. The molecule has 8 heteroatoms. The first-order valence-corrected chi connectivity index (χ1v) is 9.47. The van der Waals surface area contributed by atoms with Gasteiger partial charge in [0.25, 0.3) is 0 Å². The Morgan fingerprint density at radius 3 is 2.39 bits per heavy atom. The number of nitrogens with two attached hydrogens (primary N) is 1. The molecule has 0 bridgehead atoms. The minimum atomic E-state index is -0.576. The summed E-state index contributed by atoms with van der Waals surface area (Å²) in [6, 6.07) is 10.2. The molecule has 0 spiro atoms. The predicted molar refractivity (Wildman–Crippen MR) is 118 cm³/mol. The van der Waals surface area contributed by atoms with Crippen LogP contribution >= 0.6 is 24.8 Å². The van der Waals surface area contributed by atoms with Gasteiger partial charge in [0.15, 0.2) is 0 Å². The van der Waals surface area contributed by atoms with Crippen molar-refractivity contribution < 1.29 is 9.59 Å². The second-order valence-corrected chi connectivity index (χ2v) is 7.46. The molecule has 2 rings (SSSR count). The third kappa shape index (κ3) is 7.95. The Bertz CT molecular complexity index is 601. The first kappa shape index (κ1) is 26.7. The van der Waals surface area contributed by atoms with Gasteiger partial charge in [-0.05, 0) is 24.8 Å². The Balaban J connectivity index is 0.00000364. The third-order valence-corrected chi connectivity index (χ3v) is 5.11. The van der Waals surface area contributed by atoms with Crippen molar-refractivity contribution in [3.05, 3.63) is 35.9 Å². The summed E-state index contributed by atoms with van der Waals surface area (Å²) in [5.74, 6) is -0.249. The molecule has 1 aromatic rings. The molecule has 1 fully saturated rings. The molecule has 2 amide bonds. The van der Waals surface area contributed by atoms with E-state index in [0.717, 1.165) is 26.1 Å². The maximum Gasteiger partial charge on any atom is 0.242 e. The highest BCUT2D eigenvalue weighted by Crippen LogP contribution is 2.14. The minimum Gasteiger partial charge on any atom is -0.346 e. The number of amides is 2. The van der Waals surface area contributed by atoms with Gasteiger partial charge >= 0.3 is 0 Å². The van der Waals surface area contributed by atoms with Crippen molar-refractivity contribution in [2.75, 3.05) is 26.2 Å². The Labute approximate surface area is 181 Å². The summed E-state index contributed by atoms with van der Waals surface area (Å²) in [6.45, 7) is 9.14. The number of halogens is 2. The average molecular weight is 433 g/mol. The molecule has 1 unspecified atom stereocenters. The molecule has 1 aliphatic heterocycles. The number of carbonyl (C=O) groups excluding carboxylic acids is 2. The highest BCUT2D eigenvalue weighted by Gasteiger charge is 2.24. The SMILES string of the molecule is CC(C)[C@H](N)C(=O)NCC(=O)N1CCC(C)N(Cc2ccccc2)CC1.Cl.Cl. The molecule has 0 aromatic heterocycles. The number of nitrogens with one attached hydrogen (secondary N) is 1. The fraction of sp³-hybridized carbons (Fsp3) is 0.600. The van der Waals surface area contributed by atoms with Gasteiger partial charge in [-0.3, -0.25) is 14.5 Å². The van der Waals surface area contributed by atoms with Gasteiger partial charge in [0.2, 0.25) is 11.8 Å². The van der Waals surface area contributed by atoms with Crippen molar-refractivity contribution in [3.63, 3.8) is 0 Å². The lowest BCUT2D eigenvalue weighted by Crippen LogP contribution is -2.48. The van der Waals surface area contributed by atoms with Gasteiger partial charge < -0.3 is 16.0 Å². The van der Waals surface area contributed by atoms with Crippen LogP contribution in [0.5, 0.6) is 0 Å². The lowest BCUT2D eigenvalue weighted by atomic mass is 10.1. The normalized spacial score (nSPS) is 18.5. The van der Waals surface area contributed by atoms with E-state index >= 15 is 0 Å². The molecule has 2 atom stereocenters. The van der Waals surface area contributed by atoms with Crippen LogP contribution in [0.2, 0.25) is 0 Å². The summed E-state index contributed by atoms with van der Waals surface area (Å²) in [5.41, 5.74) is 7.10.